The summed E-state index contributed by atoms with van der Waals surface area (Å²) in [5.74, 6) is -0.529. The SMILES string of the molecule is CCc1ccccc1Sc1nccn2c(=O)n(CC(=O)OC)nc12. The molecule has 1 aromatic carbocycles. The van der Waals surface area contributed by atoms with Gasteiger partial charge in [0.1, 0.15) is 11.6 Å². The molecule has 124 valence electrons. The fourth-order valence-electron chi connectivity index (χ4n) is 2.29. The van der Waals surface area contributed by atoms with Gasteiger partial charge in [-0.1, -0.05) is 36.9 Å². The Morgan fingerprint density at radius 2 is 2.12 bits per heavy atom. The highest BCUT2D eigenvalue weighted by atomic mass is 32.2. The van der Waals surface area contributed by atoms with Crippen LogP contribution in [-0.2, 0) is 22.5 Å². The van der Waals surface area contributed by atoms with Crippen molar-refractivity contribution in [2.75, 3.05) is 7.11 Å². The Kier molecular flexibility index (Phi) is 4.66. The zero-order valence-corrected chi connectivity index (χ0v) is 14.1. The van der Waals surface area contributed by atoms with Gasteiger partial charge in [-0.3, -0.25) is 4.79 Å². The van der Waals surface area contributed by atoms with Crippen LogP contribution in [0.1, 0.15) is 12.5 Å². The zero-order chi connectivity index (χ0) is 17.1. The van der Waals surface area contributed by atoms with Crippen LogP contribution in [-0.4, -0.2) is 32.2 Å². The lowest BCUT2D eigenvalue weighted by Crippen LogP contribution is -2.25. The van der Waals surface area contributed by atoms with E-state index >= 15 is 0 Å². The minimum absolute atomic E-state index is 0.229. The Hall–Kier alpha value is -2.61. The van der Waals surface area contributed by atoms with Crippen molar-refractivity contribution in [1.82, 2.24) is 19.2 Å². The van der Waals surface area contributed by atoms with E-state index in [0.717, 1.165) is 16.0 Å². The number of esters is 1. The van der Waals surface area contributed by atoms with Gasteiger partial charge in [0.05, 0.1) is 7.11 Å². The summed E-state index contributed by atoms with van der Waals surface area (Å²) >= 11 is 1.45. The Morgan fingerprint density at radius 3 is 2.88 bits per heavy atom. The van der Waals surface area contributed by atoms with Crippen molar-refractivity contribution in [2.24, 2.45) is 0 Å². The predicted molar refractivity (Wildman–Crippen MR) is 89.2 cm³/mol. The molecule has 0 N–H and O–H groups in total. The third-order valence-corrected chi connectivity index (χ3v) is 4.64. The van der Waals surface area contributed by atoms with Gasteiger partial charge in [0.15, 0.2) is 5.65 Å². The van der Waals surface area contributed by atoms with Gasteiger partial charge in [-0.05, 0) is 18.1 Å². The average Bonchev–Trinajstić information content (AvgIpc) is 2.92. The van der Waals surface area contributed by atoms with Crippen molar-refractivity contribution in [2.45, 2.75) is 29.8 Å². The lowest BCUT2D eigenvalue weighted by molar-refractivity contribution is -0.141. The van der Waals surface area contributed by atoms with E-state index in [2.05, 4.69) is 27.8 Å². The quantitative estimate of drug-likeness (QED) is 0.657. The average molecular weight is 344 g/mol. The van der Waals surface area contributed by atoms with E-state index in [1.165, 1.54) is 35.0 Å². The third-order valence-electron chi connectivity index (χ3n) is 3.54. The summed E-state index contributed by atoms with van der Waals surface area (Å²) < 4.78 is 7.06. The molecule has 3 aromatic rings. The molecule has 2 heterocycles. The molecule has 2 aromatic heterocycles. The number of hydrogen-bond acceptors (Lipinski definition) is 6. The number of nitrogens with zero attached hydrogens (tertiary/aromatic N) is 4. The first-order valence-corrected chi connectivity index (χ1v) is 8.22. The minimum atomic E-state index is -0.529. The molecule has 0 atom stereocenters. The molecule has 0 fully saturated rings. The summed E-state index contributed by atoms with van der Waals surface area (Å²) in [6.07, 6.45) is 3.99. The fourth-order valence-corrected chi connectivity index (χ4v) is 3.33. The first-order valence-electron chi connectivity index (χ1n) is 7.40. The molecule has 0 spiro atoms. The Balaban J connectivity index is 2.04. The minimum Gasteiger partial charge on any atom is -0.468 e. The Bertz CT molecular complexity index is 948. The molecule has 8 heteroatoms. The van der Waals surface area contributed by atoms with E-state index < -0.39 is 11.7 Å². The van der Waals surface area contributed by atoms with Gasteiger partial charge < -0.3 is 4.74 Å². The molecule has 0 aliphatic carbocycles. The van der Waals surface area contributed by atoms with E-state index in [-0.39, 0.29) is 6.54 Å². The summed E-state index contributed by atoms with van der Waals surface area (Å²) in [5.41, 5.74) is 1.22. The van der Waals surface area contributed by atoms with E-state index in [1.54, 1.807) is 6.20 Å². The highest BCUT2D eigenvalue weighted by Crippen LogP contribution is 2.30. The van der Waals surface area contributed by atoms with Gasteiger partial charge in [0, 0.05) is 17.3 Å². The maximum Gasteiger partial charge on any atom is 0.351 e. The molecule has 0 aliphatic heterocycles. The predicted octanol–water partition coefficient (Wildman–Crippen LogP) is 1.78. The number of rotatable bonds is 5. The number of benzene rings is 1. The maximum atomic E-state index is 12.3. The number of aromatic nitrogens is 4. The molecule has 0 unspecified atom stereocenters. The number of ether oxygens (including phenoxy) is 1. The van der Waals surface area contributed by atoms with Gasteiger partial charge in [-0.15, -0.1) is 5.10 Å². The number of carbonyl (C=O) groups is 1. The number of fused-ring (bicyclic) bond motifs is 1. The molecular weight excluding hydrogens is 328 g/mol. The molecular formula is C16H16N4O3S. The van der Waals surface area contributed by atoms with Crippen LogP contribution in [0, 0.1) is 0 Å². The number of aryl methyl sites for hydroxylation is 1. The Labute approximate surface area is 142 Å². The van der Waals surface area contributed by atoms with Crippen LogP contribution in [0.3, 0.4) is 0 Å². The summed E-state index contributed by atoms with van der Waals surface area (Å²) in [7, 11) is 1.27. The van der Waals surface area contributed by atoms with Crippen LogP contribution in [0.4, 0.5) is 0 Å². The largest absolute Gasteiger partial charge is 0.468 e. The fraction of sp³-hybridized carbons (Fsp3) is 0.250. The van der Waals surface area contributed by atoms with E-state index in [1.807, 2.05) is 18.2 Å². The van der Waals surface area contributed by atoms with Crippen molar-refractivity contribution in [1.29, 1.82) is 0 Å². The molecule has 0 saturated carbocycles. The van der Waals surface area contributed by atoms with E-state index in [4.69, 9.17) is 0 Å². The Morgan fingerprint density at radius 1 is 1.33 bits per heavy atom. The molecule has 24 heavy (non-hydrogen) atoms. The van der Waals surface area contributed by atoms with E-state index in [9.17, 15) is 9.59 Å². The standard InChI is InChI=1S/C16H16N4O3S/c1-3-11-6-4-5-7-12(11)24-15-14-18-20(10-13(21)23-2)16(22)19(14)9-8-17-15/h4-9H,3,10H2,1-2H3. The molecule has 0 bridgehead atoms. The van der Waals surface area contributed by atoms with Gasteiger partial charge in [-0.2, -0.15) is 0 Å². The number of hydrogen-bond donors (Lipinski definition) is 0. The highest BCUT2D eigenvalue weighted by Gasteiger charge is 2.15. The molecule has 7 nitrogen and oxygen atoms in total. The smallest absolute Gasteiger partial charge is 0.351 e. The summed E-state index contributed by atoms with van der Waals surface area (Å²) in [6, 6.07) is 8.03. The topological polar surface area (TPSA) is 78.5 Å². The lowest BCUT2D eigenvalue weighted by Gasteiger charge is -2.06. The van der Waals surface area contributed by atoms with E-state index in [0.29, 0.717) is 10.7 Å². The maximum absolute atomic E-state index is 12.3. The molecule has 0 amide bonds. The van der Waals surface area contributed by atoms with Gasteiger partial charge in [0.2, 0.25) is 0 Å². The van der Waals surface area contributed by atoms with Crippen LogP contribution in [0.5, 0.6) is 0 Å². The second-order valence-electron chi connectivity index (χ2n) is 5.01. The summed E-state index contributed by atoms with van der Waals surface area (Å²) in [5, 5.41) is 4.85. The summed E-state index contributed by atoms with van der Waals surface area (Å²) in [6.45, 7) is 1.86. The molecule has 0 saturated heterocycles. The first kappa shape index (κ1) is 16.3. The van der Waals surface area contributed by atoms with Crippen molar-refractivity contribution < 1.29 is 9.53 Å². The van der Waals surface area contributed by atoms with Crippen molar-refractivity contribution in [3.05, 3.63) is 52.7 Å². The highest BCUT2D eigenvalue weighted by molar-refractivity contribution is 7.99. The van der Waals surface area contributed by atoms with Crippen LogP contribution in [0.15, 0.2) is 51.4 Å². The van der Waals surface area contributed by atoms with Gasteiger partial charge in [-0.25, -0.2) is 18.9 Å². The van der Waals surface area contributed by atoms with Gasteiger partial charge >= 0.3 is 11.7 Å². The van der Waals surface area contributed by atoms with Crippen LogP contribution in [0.25, 0.3) is 5.65 Å². The molecule has 3 rings (SSSR count). The number of methoxy groups -OCH3 is 1. The van der Waals surface area contributed by atoms with Crippen LogP contribution in [0.2, 0.25) is 0 Å². The van der Waals surface area contributed by atoms with Crippen LogP contribution < -0.4 is 5.69 Å². The number of carbonyl (C=O) groups excluding carboxylic acids is 1. The molecule has 0 radical (unpaired) electrons. The van der Waals surface area contributed by atoms with Crippen molar-refractivity contribution in [3.8, 4) is 0 Å². The van der Waals surface area contributed by atoms with Crippen molar-refractivity contribution in [3.63, 3.8) is 0 Å². The lowest BCUT2D eigenvalue weighted by atomic mass is 10.2. The van der Waals surface area contributed by atoms with Gasteiger partial charge in [0.25, 0.3) is 0 Å². The third kappa shape index (κ3) is 3.05. The normalized spacial score (nSPS) is 10.9. The van der Waals surface area contributed by atoms with Crippen molar-refractivity contribution >= 4 is 23.4 Å². The zero-order valence-electron chi connectivity index (χ0n) is 13.3. The first-order chi connectivity index (χ1) is 11.6. The monoisotopic (exact) mass is 344 g/mol. The summed E-state index contributed by atoms with van der Waals surface area (Å²) in [4.78, 5) is 29.2. The molecule has 0 aliphatic rings. The van der Waals surface area contributed by atoms with Crippen LogP contribution >= 0.6 is 11.8 Å². The second kappa shape index (κ2) is 6.88. The second-order valence-corrected chi connectivity index (χ2v) is 6.04.